The van der Waals surface area contributed by atoms with Gasteiger partial charge in [-0.15, -0.1) is 0 Å². The van der Waals surface area contributed by atoms with Crippen molar-refractivity contribution in [3.8, 4) is 0 Å². The van der Waals surface area contributed by atoms with E-state index in [0.29, 0.717) is 27.6 Å². The summed E-state index contributed by atoms with van der Waals surface area (Å²) in [4.78, 5) is 17.9. The maximum absolute atomic E-state index is 13.1. The number of halogens is 1. The fraction of sp³-hybridized carbons (Fsp3) is 0.333. The van der Waals surface area contributed by atoms with Gasteiger partial charge in [-0.2, -0.15) is 0 Å². The zero-order valence-electron chi connectivity index (χ0n) is 15.2. The molecule has 3 aromatic rings. The van der Waals surface area contributed by atoms with E-state index in [9.17, 15) is 4.79 Å². The van der Waals surface area contributed by atoms with E-state index < -0.39 is 0 Å². The molecular formula is C21H21ClN2O2S. The highest BCUT2D eigenvalue weighted by atomic mass is 35.5. The van der Waals surface area contributed by atoms with Gasteiger partial charge in [0.05, 0.1) is 23.6 Å². The summed E-state index contributed by atoms with van der Waals surface area (Å²) in [5.74, 6) is 0.756. The number of aromatic nitrogens is 2. The molecule has 0 amide bonds. The number of fused-ring (bicyclic) bond motifs is 1. The van der Waals surface area contributed by atoms with Gasteiger partial charge in [-0.05, 0) is 43.5 Å². The van der Waals surface area contributed by atoms with Crippen molar-refractivity contribution in [3.63, 3.8) is 0 Å². The lowest BCUT2D eigenvalue weighted by molar-refractivity contribution is 0.0937. The van der Waals surface area contributed by atoms with Gasteiger partial charge in [-0.25, -0.2) is 4.98 Å². The zero-order chi connectivity index (χ0) is 18.8. The zero-order valence-corrected chi connectivity index (χ0v) is 16.7. The van der Waals surface area contributed by atoms with Crippen LogP contribution in [0.5, 0.6) is 0 Å². The Morgan fingerprint density at radius 2 is 2.19 bits per heavy atom. The van der Waals surface area contributed by atoms with E-state index in [1.165, 1.54) is 11.1 Å². The van der Waals surface area contributed by atoms with E-state index >= 15 is 0 Å². The molecular weight excluding hydrogens is 380 g/mol. The highest BCUT2D eigenvalue weighted by molar-refractivity contribution is 7.98. The van der Waals surface area contributed by atoms with Crippen LogP contribution in [0.25, 0.3) is 10.9 Å². The van der Waals surface area contributed by atoms with Crippen molar-refractivity contribution in [3.05, 3.63) is 69.0 Å². The number of nitrogens with zero attached hydrogens (tertiary/aromatic N) is 2. The molecule has 140 valence electrons. The SMILES string of the molecule is Cc1cccc(CSc2nc3cc(Cl)ccc3c(=O)n2CC2CCCO2)c1. The highest BCUT2D eigenvalue weighted by Gasteiger charge is 2.20. The van der Waals surface area contributed by atoms with Gasteiger partial charge in [0.1, 0.15) is 0 Å². The number of thioether (sulfide) groups is 1. The van der Waals surface area contributed by atoms with Gasteiger partial charge < -0.3 is 4.74 Å². The lowest BCUT2D eigenvalue weighted by Crippen LogP contribution is -2.28. The Balaban J connectivity index is 1.72. The van der Waals surface area contributed by atoms with Crippen LogP contribution in [-0.2, 0) is 17.0 Å². The number of rotatable bonds is 5. The van der Waals surface area contributed by atoms with E-state index in [0.717, 1.165) is 25.2 Å². The number of aryl methyl sites for hydroxylation is 1. The average Bonchev–Trinajstić information content (AvgIpc) is 3.16. The average molecular weight is 401 g/mol. The van der Waals surface area contributed by atoms with Gasteiger partial charge in [0.2, 0.25) is 0 Å². The molecule has 1 fully saturated rings. The molecule has 4 nitrogen and oxygen atoms in total. The summed E-state index contributed by atoms with van der Waals surface area (Å²) in [5.41, 5.74) is 3.05. The summed E-state index contributed by atoms with van der Waals surface area (Å²) in [6.07, 6.45) is 2.10. The van der Waals surface area contributed by atoms with Gasteiger partial charge in [-0.3, -0.25) is 9.36 Å². The Morgan fingerprint density at radius 1 is 1.30 bits per heavy atom. The van der Waals surface area contributed by atoms with Crippen LogP contribution < -0.4 is 5.56 Å². The van der Waals surface area contributed by atoms with Crippen LogP contribution in [0, 0.1) is 6.92 Å². The summed E-state index contributed by atoms with van der Waals surface area (Å²) in [6.45, 7) is 3.39. The maximum atomic E-state index is 13.1. The van der Waals surface area contributed by atoms with Crippen LogP contribution in [0.15, 0.2) is 52.4 Å². The highest BCUT2D eigenvalue weighted by Crippen LogP contribution is 2.25. The minimum absolute atomic E-state index is 0.0288. The molecule has 0 aliphatic carbocycles. The molecule has 1 aromatic heterocycles. The standard InChI is InChI=1S/C21H21ClN2O2S/c1-14-4-2-5-15(10-14)13-27-21-23-19-11-16(22)7-8-18(19)20(25)24(21)12-17-6-3-9-26-17/h2,4-5,7-8,10-11,17H,3,6,9,12-13H2,1H3. The normalized spacial score (nSPS) is 16.9. The first-order valence-electron chi connectivity index (χ1n) is 9.10. The summed E-state index contributed by atoms with van der Waals surface area (Å²) in [5, 5.41) is 1.89. The van der Waals surface area contributed by atoms with Crippen LogP contribution >= 0.6 is 23.4 Å². The van der Waals surface area contributed by atoms with Crippen molar-refractivity contribution < 1.29 is 4.74 Å². The molecule has 6 heteroatoms. The molecule has 0 radical (unpaired) electrons. The summed E-state index contributed by atoms with van der Waals surface area (Å²) >= 11 is 7.70. The van der Waals surface area contributed by atoms with Gasteiger partial charge in [0.15, 0.2) is 5.16 Å². The van der Waals surface area contributed by atoms with E-state index in [2.05, 4.69) is 31.2 Å². The molecule has 1 atom stereocenters. The molecule has 2 heterocycles. The van der Waals surface area contributed by atoms with E-state index in [1.54, 1.807) is 34.5 Å². The van der Waals surface area contributed by atoms with Crippen molar-refractivity contribution in [2.75, 3.05) is 6.61 Å². The van der Waals surface area contributed by atoms with Gasteiger partial charge in [-0.1, -0.05) is 53.2 Å². The quantitative estimate of drug-likeness (QED) is 0.454. The largest absolute Gasteiger partial charge is 0.376 e. The summed E-state index contributed by atoms with van der Waals surface area (Å²) in [6, 6.07) is 13.6. The molecule has 27 heavy (non-hydrogen) atoms. The Kier molecular flexibility index (Phi) is 5.53. The second-order valence-corrected chi connectivity index (χ2v) is 8.26. The fourth-order valence-electron chi connectivity index (χ4n) is 3.39. The molecule has 1 saturated heterocycles. The van der Waals surface area contributed by atoms with E-state index in [-0.39, 0.29) is 11.7 Å². The van der Waals surface area contributed by atoms with Crippen molar-refractivity contribution in [2.45, 2.75) is 43.3 Å². The van der Waals surface area contributed by atoms with Crippen LogP contribution in [0.1, 0.15) is 24.0 Å². The first kappa shape index (κ1) is 18.5. The Morgan fingerprint density at radius 3 is 2.96 bits per heavy atom. The molecule has 0 bridgehead atoms. The second kappa shape index (κ2) is 8.05. The van der Waals surface area contributed by atoms with E-state index in [1.807, 2.05) is 0 Å². The fourth-order valence-corrected chi connectivity index (χ4v) is 4.50. The van der Waals surface area contributed by atoms with Gasteiger partial charge in [0.25, 0.3) is 5.56 Å². The Bertz CT molecular complexity index is 1030. The second-order valence-electron chi connectivity index (χ2n) is 6.88. The van der Waals surface area contributed by atoms with Crippen molar-refractivity contribution in [2.24, 2.45) is 0 Å². The minimum atomic E-state index is -0.0288. The van der Waals surface area contributed by atoms with Crippen molar-refractivity contribution >= 4 is 34.3 Å². The third-order valence-corrected chi connectivity index (χ3v) is 6.03. The van der Waals surface area contributed by atoms with Crippen LogP contribution in [0.2, 0.25) is 5.02 Å². The third kappa shape index (κ3) is 4.21. The number of ether oxygens (including phenoxy) is 1. The van der Waals surface area contributed by atoms with Crippen LogP contribution in [0.4, 0.5) is 0 Å². The summed E-state index contributed by atoms with van der Waals surface area (Å²) < 4.78 is 7.53. The lowest BCUT2D eigenvalue weighted by Gasteiger charge is -2.16. The minimum Gasteiger partial charge on any atom is -0.376 e. The molecule has 1 aliphatic rings. The number of benzene rings is 2. The predicted octanol–water partition coefficient (Wildman–Crippen LogP) is 4.83. The first-order valence-corrected chi connectivity index (χ1v) is 10.5. The molecule has 0 saturated carbocycles. The number of hydrogen-bond acceptors (Lipinski definition) is 4. The van der Waals surface area contributed by atoms with Crippen molar-refractivity contribution in [1.29, 1.82) is 0 Å². The van der Waals surface area contributed by atoms with E-state index in [4.69, 9.17) is 21.3 Å². The molecule has 1 aliphatic heterocycles. The predicted molar refractivity (Wildman–Crippen MR) is 111 cm³/mol. The third-order valence-electron chi connectivity index (χ3n) is 4.74. The molecule has 0 spiro atoms. The Hall–Kier alpha value is -1.82. The molecule has 4 rings (SSSR count). The van der Waals surface area contributed by atoms with Gasteiger partial charge >= 0.3 is 0 Å². The monoisotopic (exact) mass is 400 g/mol. The van der Waals surface area contributed by atoms with Gasteiger partial charge in [0, 0.05) is 17.4 Å². The van der Waals surface area contributed by atoms with Crippen molar-refractivity contribution in [1.82, 2.24) is 9.55 Å². The lowest BCUT2D eigenvalue weighted by atomic mass is 10.2. The smallest absolute Gasteiger partial charge is 0.262 e. The first-order chi connectivity index (χ1) is 13.1. The molecule has 0 N–H and O–H groups in total. The Labute approximate surface area is 167 Å². The van der Waals surface area contributed by atoms with Crippen LogP contribution in [-0.4, -0.2) is 22.3 Å². The molecule has 2 aromatic carbocycles. The van der Waals surface area contributed by atoms with Crippen LogP contribution in [0.3, 0.4) is 0 Å². The molecule has 1 unspecified atom stereocenters. The summed E-state index contributed by atoms with van der Waals surface area (Å²) in [7, 11) is 0. The number of hydrogen-bond donors (Lipinski definition) is 0. The topological polar surface area (TPSA) is 44.1 Å². The maximum Gasteiger partial charge on any atom is 0.262 e.